The Bertz CT molecular complexity index is 1290. The molecule has 140 valence electrons. The highest BCUT2D eigenvalue weighted by Crippen LogP contribution is 2.33. The van der Waals surface area contributed by atoms with Gasteiger partial charge < -0.3 is 15.0 Å². The average molecular weight is 458 g/mol. The van der Waals surface area contributed by atoms with Gasteiger partial charge >= 0.3 is 5.97 Å². The molecular weight excluding hydrogens is 444 g/mol. The molecule has 0 aliphatic rings. The number of pyridine rings is 1. The van der Waals surface area contributed by atoms with Gasteiger partial charge in [0.2, 0.25) is 0 Å². The number of benzene rings is 3. The summed E-state index contributed by atoms with van der Waals surface area (Å²) in [6, 6.07) is 18.1. The predicted molar refractivity (Wildman–Crippen MR) is 116 cm³/mol. The van der Waals surface area contributed by atoms with E-state index in [0.717, 1.165) is 11.4 Å². The van der Waals surface area contributed by atoms with Crippen molar-refractivity contribution in [3.05, 3.63) is 80.4 Å². The SMILES string of the molecule is O=C(O)Cn1c2cc(Nc3ccccc3)ccc2c(=O)c2ccc(Cl)c(Br)c21. The number of aliphatic carboxylic acids is 1. The largest absolute Gasteiger partial charge is 0.480 e. The summed E-state index contributed by atoms with van der Waals surface area (Å²) >= 11 is 9.63. The highest BCUT2D eigenvalue weighted by atomic mass is 79.9. The Hall–Kier alpha value is -2.83. The maximum absolute atomic E-state index is 13.0. The smallest absolute Gasteiger partial charge is 0.323 e. The van der Waals surface area contributed by atoms with E-state index in [-0.39, 0.29) is 12.0 Å². The van der Waals surface area contributed by atoms with Crippen LogP contribution < -0.4 is 10.7 Å². The van der Waals surface area contributed by atoms with Crippen molar-refractivity contribution in [2.45, 2.75) is 6.54 Å². The summed E-state index contributed by atoms with van der Waals surface area (Å²) < 4.78 is 2.09. The molecule has 4 aromatic rings. The van der Waals surface area contributed by atoms with Crippen LogP contribution >= 0.6 is 27.5 Å². The van der Waals surface area contributed by atoms with Crippen molar-refractivity contribution in [3.8, 4) is 0 Å². The highest BCUT2D eigenvalue weighted by Gasteiger charge is 2.17. The van der Waals surface area contributed by atoms with Crippen LogP contribution in [0.15, 0.2) is 69.9 Å². The minimum absolute atomic E-state index is 0.171. The van der Waals surface area contributed by atoms with E-state index >= 15 is 0 Å². The number of aromatic nitrogens is 1. The molecule has 0 radical (unpaired) electrons. The van der Waals surface area contributed by atoms with E-state index in [1.54, 1.807) is 34.9 Å². The third-order valence-corrected chi connectivity index (χ3v) is 5.82. The molecule has 0 fully saturated rings. The lowest BCUT2D eigenvalue weighted by molar-refractivity contribution is -0.137. The maximum atomic E-state index is 13.0. The van der Waals surface area contributed by atoms with E-state index in [1.165, 1.54) is 0 Å². The first-order valence-electron chi connectivity index (χ1n) is 8.44. The van der Waals surface area contributed by atoms with Crippen LogP contribution in [0.3, 0.4) is 0 Å². The molecule has 3 aromatic carbocycles. The minimum Gasteiger partial charge on any atom is -0.480 e. The van der Waals surface area contributed by atoms with E-state index in [9.17, 15) is 14.7 Å². The van der Waals surface area contributed by atoms with Gasteiger partial charge in [-0.3, -0.25) is 9.59 Å². The fourth-order valence-electron chi connectivity index (χ4n) is 3.26. The van der Waals surface area contributed by atoms with Crippen molar-refractivity contribution in [2.75, 3.05) is 5.32 Å². The molecule has 1 aromatic heterocycles. The first kappa shape index (κ1) is 18.5. The quantitative estimate of drug-likeness (QED) is 0.403. The van der Waals surface area contributed by atoms with Gasteiger partial charge in [0, 0.05) is 22.1 Å². The van der Waals surface area contributed by atoms with Gasteiger partial charge in [-0.1, -0.05) is 29.8 Å². The highest BCUT2D eigenvalue weighted by molar-refractivity contribution is 9.10. The number of carboxylic acids is 1. The predicted octanol–water partition coefficient (Wildman–Crippen LogP) is 5.40. The van der Waals surface area contributed by atoms with E-state index in [0.29, 0.717) is 31.3 Å². The van der Waals surface area contributed by atoms with E-state index < -0.39 is 5.97 Å². The molecule has 5 nitrogen and oxygen atoms in total. The first-order valence-corrected chi connectivity index (χ1v) is 9.61. The van der Waals surface area contributed by atoms with Gasteiger partial charge in [-0.25, -0.2) is 0 Å². The molecule has 0 bridgehead atoms. The molecule has 0 spiro atoms. The number of carbonyl (C=O) groups is 1. The van der Waals surface area contributed by atoms with Crippen molar-refractivity contribution in [1.29, 1.82) is 0 Å². The molecule has 28 heavy (non-hydrogen) atoms. The third-order valence-electron chi connectivity index (χ3n) is 4.47. The summed E-state index contributed by atoms with van der Waals surface area (Å²) in [6.07, 6.45) is 0. The molecular formula is C21H14BrClN2O3. The second kappa shape index (κ2) is 7.30. The Morgan fingerprint density at radius 1 is 1.04 bits per heavy atom. The lowest BCUT2D eigenvalue weighted by Crippen LogP contribution is -2.16. The van der Waals surface area contributed by atoms with Crippen LogP contribution in [0.25, 0.3) is 21.8 Å². The number of fused-ring (bicyclic) bond motifs is 2. The van der Waals surface area contributed by atoms with Crippen molar-refractivity contribution < 1.29 is 9.90 Å². The zero-order valence-electron chi connectivity index (χ0n) is 14.4. The number of hydrogen-bond acceptors (Lipinski definition) is 3. The normalized spacial score (nSPS) is 11.1. The average Bonchev–Trinajstić information content (AvgIpc) is 2.68. The van der Waals surface area contributed by atoms with Crippen LogP contribution in [0, 0.1) is 0 Å². The van der Waals surface area contributed by atoms with Crippen molar-refractivity contribution in [2.24, 2.45) is 0 Å². The lowest BCUT2D eigenvalue weighted by Gasteiger charge is -2.16. The molecule has 0 atom stereocenters. The Morgan fingerprint density at radius 2 is 1.75 bits per heavy atom. The van der Waals surface area contributed by atoms with E-state index in [2.05, 4.69) is 21.2 Å². The summed E-state index contributed by atoms with van der Waals surface area (Å²) in [6.45, 7) is -0.305. The zero-order valence-corrected chi connectivity index (χ0v) is 16.8. The van der Waals surface area contributed by atoms with Crippen LogP contribution in [0.2, 0.25) is 5.02 Å². The van der Waals surface area contributed by atoms with Crippen molar-refractivity contribution in [1.82, 2.24) is 4.57 Å². The van der Waals surface area contributed by atoms with E-state index in [4.69, 9.17) is 11.6 Å². The standard InChI is InChI=1S/C21H14BrClN2O3/c22-19-16(23)9-8-15-20(19)25(11-18(26)27)17-10-13(6-7-14(17)21(15)28)24-12-4-2-1-3-5-12/h1-10,24H,11H2,(H,26,27). The Morgan fingerprint density at radius 3 is 2.46 bits per heavy atom. The van der Waals surface area contributed by atoms with Gasteiger partial charge in [0.05, 0.1) is 20.5 Å². The first-order chi connectivity index (χ1) is 13.5. The minimum atomic E-state index is -1.01. The molecule has 4 rings (SSSR count). The number of nitrogens with one attached hydrogen (secondary N) is 1. The van der Waals surface area contributed by atoms with Crippen LogP contribution in [0.5, 0.6) is 0 Å². The fourth-order valence-corrected chi connectivity index (χ4v) is 3.98. The molecule has 7 heteroatoms. The van der Waals surface area contributed by atoms with Gasteiger partial charge in [0.1, 0.15) is 6.54 Å². The van der Waals surface area contributed by atoms with Crippen molar-refractivity contribution >= 4 is 66.7 Å². The van der Waals surface area contributed by atoms with Crippen molar-refractivity contribution in [3.63, 3.8) is 0 Å². The van der Waals surface area contributed by atoms with E-state index in [1.807, 2.05) is 30.3 Å². The fraction of sp³-hybridized carbons (Fsp3) is 0.0476. The molecule has 0 amide bonds. The maximum Gasteiger partial charge on any atom is 0.323 e. The van der Waals surface area contributed by atoms with Crippen LogP contribution in [0.1, 0.15) is 0 Å². The number of hydrogen-bond donors (Lipinski definition) is 2. The summed E-state index contributed by atoms with van der Waals surface area (Å²) in [7, 11) is 0. The number of para-hydroxylation sites is 1. The van der Waals surface area contributed by atoms with Crippen LogP contribution in [0.4, 0.5) is 11.4 Å². The Labute approximate surface area is 173 Å². The molecule has 0 aliphatic heterocycles. The molecule has 0 unspecified atom stereocenters. The number of nitrogens with zero attached hydrogens (tertiary/aromatic N) is 1. The molecule has 1 heterocycles. The van der Waals surface area contributed by atoms with Gasteiger partial charge in [0.25, 0.3) is 0 Å². The number of anilines is 2. The summed E-state index contributed by atoms with van der Waals surface area (Å²) in [5.74, 6) is -1.01. The second-order valence-corrected chi connectivity index (χ2v) is 7.49. The van der Waals surface area contributed by atoms with Gasteiger partial charge in [-0.05, 0) is 58.4 Å². The third kappa shape index (κ3) is 3.25. The van der Waals surface area contributed by atoms with Gasteiger partial charge in [0.15, 0.2) is 5.43 Å². The molecule has 0 aliphatic carbocycles. The number of halogens is 2. The Balaban J connectivity index is 2.04. The summed E-state index contributed by atoms with van der Waals surface area (Å²) in [4.78, 5) is 24.6. The number of rotatable bonds is 4. The molecule has 0 saturated heterocycles. The van der Waals surface area contributed by atoms with Gasteiger partial charge in [-0.2, -0.15) is 0 Å². The zero-order chi connectivity index (χ0) is 19.8. The summed E-state index contributed by atoms with van der Waals surface area (Å²) in [5.41, 5.74) is 2.44. The number of carboxylic acid groups (broad SMARTS) is 1. The monoisotopic (exact) mass is 456 g/mol. The molecule has 2 N–H and O–H groups in total. The molecule has 0 saturated carbocycles. The van der Waals surface area contributed by atoms with Gasteiger partial charge in [-0.15, -0.1) is 0 Å². The lowest BCUT2D eigenvalue weighted by atomic mass is 10.1. The van der Waals surface area contributed by atoms with Crippen LogP contribution in [-0.2, 0) is 11.3 Å². The second-order valence-electron chi connectivity index (χ2n) is 6.29. The topological polar surface area (TPSA) is 71.3 Å². The summed E-state index contributed by atoms with van der Waals surface area (Å²) in [5, 5.41) is 14.0. The van der Waals surface area contributed by atoms with Crippen LogP contribution in [-0.4, -0.2) is 15.6 Å². The Kier molecular flexibility index (Phi) is 4.83.